The Hall–Kier alpha value is -2.88. The third-order valence-electron chi connectivity index (χ3n) is 7.15. The molecule has 3 heterocycles. The van der Waals surface area contributed by atoms with Crippen LogP contribution in [-0.4, -0.2) is 16.1 Å². The summed E-state index contributed by atoms with van der Waals surface area (Å²) in [4.78, 5) is 15.0. The van der Waals surface area contributed by atoms with Gasteiger partial charge >= 0.3 is 0 Å². The fourth-order valence-corrected chi connectivity index (χ4v) is 5.51. The van der Waals surface area contributed by atoms with Crippen LogP contribution in [0.4, 0.5) is 23.0 Å². The number of benzene rings is 2. The first-order valence-electron chi connectivity index (χ1n) is 11.7. The normalized spacial score (nSPS) is 18.7. The van der Waals surface area contributed by atoms with Crippen molar-refractivity contribution in [3.8, 4) is 0 Å². The number of aromatic nitrogens is 2. The van der Waals surface area contributed by atoms with Crippen molar-refractivity contribution in [1.82, 2.24) is 9.97 Å². The smallest absolute Gasteiger partial charge is 0.178 e. The van der Waals surface area contributed by atoms with E-state index >= 15 is 0 Å². The molecular weight excluding hydrogens is 380 g/mol. The molecule has 0 spiro atoms. The molecule has 1 unspecified atom stereocenters. The molecule has 2 aliphatic rings. The standard InChI is InChI=1S/C27H32N4/c1-5-27(6-2)17-24-30(21-12-8-7-9-13-21)25-26(29-20(18-28-25)16-19(3)4)31(24)23-15-11-10-14-22(23)27/h7-15,18-19,24H,5-6,16-17H2,1-4H3. The van der Waals surface area contributed by atoms with E-state index in [1.54, 1.807) is 0 Å². The van der Waals surface area contributed by atoms with E-state index in [1.165, 1.54) is 16.9 Å². The van der Waals surface area contributed by atoms with Gasteiger partial charge in [-0.15, -0.1) is 0 Å². The molecule has 0 bridgehead atoms. The summed E-state index contributed by atoms with van der Waals surface area (Å²) in [6.45, 7) is 9.15. The van der Waals surface area contributed by atoms with Gasteiger partial charge in [0.25, 0.3) is 0 Å². The van der Waals surface area contributed by atoms with Crippen LogP contribution in [0.5, 0.6) is 0 Å². The maximum absolute atomic E-state index is 5.17. The number of fused-ring (bicyclic) bond motifs is 5. The number of hydrogen-bond acceptors (Lipinski definition) is 4. The molecule has 5 rings (SSSR count). The van der Waals surface area contributed by atoms with E-state index in [-0.39, 0.29) is 11.6 Å². The lowest BCUT2D eigenvalue weighted by Gasteiger charge is -2.47. The summed E-state index contributed by atoms with van der Waals surface area (Å²) in [6, 6.07) is 19.6. The molecule has 4 nitrogen and oxygen atoms in total. The Morgan fingerprint density at radius 3 is 2.35 bits per heavy atom. The molecule has 0 N–H and O–H groups in total. The molecule has 0 amide bonds. The number of para-hydroxylation sites is 2. The third-order valence-corrected chi connectivity index (χ3v) is 7.15. The molecule has 4 heteroatoms. The van der Waals surface area contributed by atoms with E-state index < -0.39 is 0 Å². The van der Waals surface area contributed by atoms with Gasteiger partial charge in [0.2, 0.25) is 0 Å². The van der Waals surface area contributed by atoms with Crippen LogP contribution >= 0.6 is 0 Å². The van der Waals surface area contributed by atoms with Gasteiger partial charge in [-0.2, -0.15) is 0 Å². The van der Waals surface area contributed by atoms with Crippen LogP contribution in [0.1, 0.15) is 58.2 Å². The van der Waals surface area contributed by atoms with Crippen molar-refractivity contribution in [3.05, 3.63) is 72.1 Å². The maximum Gasteiger partial charge on any atom is 0.178 e. The number of hydrogen-bond donors (Lipinski definition) is 0. The van der Waals surface area contributed by atoms with Crippen LogP contribution in [0.2, 0.25) is 0 Å². The summed E-state index contributed by atoms with van der Waals surface area (Å²) in [7, 11) is 0. The monoisotopic (exact) mass is 412 g/mol. The van der Waals surface area contributed by atoms with Crippen LogP contribution in [0.25, 0.3) is 0 Å². The quantitative estimate of drug-likeness (QED) is 0.464. The average Bonchev–Trinajstić information content (AvgIpc) is 3.12. The van der Waals surface area contributed by atoms with E-state index in [0.717, 1.165) is 43.0 Å². The van der Waals surface area contributed by atoms with Gasteiger partial charge in [-0.3, -0.25) is 0 Å². The molecule has 0 saturated heterocycles. The summed E-state index contributed by atoms with van der Waals surface area (Å²) in [5.74, 6) is 2.53. The Balaban J connectivity index is 1.73. The van der Waals surface area contributed by atoms with Gasteiger partial charge in [0, 0.05) is 16.8 Å². The highest BCUT2D eigenvalue weighted by Gasteiger charge is 2.50. The molecule has 2 aliphatic heterocycles. The van der Waals surface area contributed by atoms with E-state index in [2.05, 4.69) is 92.1 Å². The predicted octanol–water partition coefficient (Wildman–Crippen LogP) is 6.75. The van der Waals surface area contributed by atoms with Crippen molar-refractivity contribution in [2.75, 3.05) is 9.80 Å². The second-order valence-corrected chi connectivity index (χ2v) is 9.37. The fourth-order valence-electron chi connectivity index (χ4n) is 5.51. The Morgan fingerprint density at radius 2 is 1.65 bits per heavy atom. The Kier molecular flexibility index (Phi) is 4.96. The van der Waals surface area contributed by atoms with Gasteiger partial charge in [-0.25, -0.2) is 9.97 Å². The largest absolute Gasteiger partial charge is 0.302 e. The highest BCUT2D eigenvalue weighted by atomic mass is 15.5. The first-order valence-corrected chi connectivity index (χ1v) is 11.7. The molecule has 160 valence electrons. The van der Waals surface area contributed by atoms with Crippen molar-refractivity contribution in [3.63, 3.8) is 0 Å². The summed E-state index contributed by atoms with van der Waals surface area (Å²) in [6.07, 6.45) is 6.42. The van der Waals surface area contributed by atoms with Crippen molar-refractivity contribution < 1.29 is 0 Å². The van der Waals surface area contributed by atoms with Crippen LogP contribution in [0.3, 0.4) is 0 Å². The van der Waals surface area contributed by atoms with Crippen LogP contribution in [0, 0.1) is 5.92 Å². The zero-order valence-corrected chi connectivity index (χ0v) is 19.0. The summed E-state index contributed by atoms with van der Waals surface area (Å²) >= 11 is 0. The maximum atomic E-state index is 5.17. The molecule has 0 radical (unpaired) electrons. The van der Waals surface area contributed by atoms with Gasteiger partial charge in [0.1, 0.15) is 6.17 Å². The molecule has 0 saturated carbocycles. The zero-order valence-electron chi connectivity index (χ0n) is 19.0. The lowest BCUT2D eigenvalue weighted by atomic mass is 9.69. The van der Waals surface area contributed by atoms with Crippen molar-refractivity contribution in [1.29, 1.82) is 0 Å². The predicted molar refractivity (Wildman–Crippen MR) is 128 cm³/mol. The fraction of sp³-hybridized carbons (Fsp3) is 0.407. The second kappa shape index (κ2) is 7.67. The third kappa shape index (κ3) is 3.12. The summed E-state index contributed by atoms with van der Waals surface area (Å²) in [5, 5.41) is 0. The highest BCUT2D eigenvalue weighted by Crippen LogP contribution is 2.56. The van der Waals surface area contributed by atoms with Crippen molar-refractivity contribution >= 4 is 23.0 Å². The molecule has 0 fully saturated rings. The summed E-state index contributed by atoms with van der Waals surface area (Å²) < 4.78 is 0. The van der Waals surface area contributed by atoms with Crippen molar-refractivity contribution in [2.45, 2.75) is 65.0 Å². The van der Waals surface area contributed by atoms with Crippen LogP contribution in [-0.2, 0) is 11.8 Å². The molecule has 31 heavy (non-hydrogen) atoms. The van der Waals surface area contributed by atoms with Crippen molar-refractivity contribution in [2.24, 2.45) is 5.92 Å². The van der Waals surface area contributed by atoms with Gasteiger partial charge in [-0.1, -0.05) is 64.1 Å². The lowest BCUT2D eigenvalue weighted by Crippen LogP contribution is -2.48. The minimum atomic E-state index is 0.160. The Bertz CT molecular complexity index is 1070. The van der Waals surface area contributed by atoms with E-state index in [1.807, 2.05) is 6.20 Å². The minimum Gasteiger partial charge on any atom is -0.302 e. The van der Waals surface area contributed by atoms with Gasteiger partial charge in [0.05, 0.1) is 11.9 Å². The van der Waals surface area contributed by atoms with E-state index in [0.29, 0.717) is 5.92 Å². The van der Waals surface area contributed by atoms with Gasteiger partial charge in [0.15, 0.2) is 11.6 Å². The van der Waals surface area contributed by atoms with Crippen LogP contribution in [0.15, 0.2) is 60.8 Å². The lowest BCUT2D eigenvalue weighted by molar-refractivity contribution is 0.322. The molecule has 1 aromatic heterocycles. The number of nitrogens with zero attached hydrogens (tertiary/aromatic N) is 4. The summed E-state index contributed by atoms with van der Waals surface area (Å²) in [5.41, 5.74) is 5.16. The SMILES string of the molecule is CCC1(CC)CC2N(c3ccccc3)c3ncc(CC(C)C)nc3N2c2ccccc21. The molecular formula is C27H32N4. The number of rotatable bonds is 5. The number of anilines is 4. The Morgan fingerprint density at radius 1 is 0.935 bits per heavy atom. The first-order chi connectivity index (χ1) is 15.1. The molecule has 1 atom stereocenters. The average molecular weight is 413 g/mol. The molecule has 3 aromatic rings. The zero-order chi connectivity index (χ0) is 21.6. The van der Waals surface area contributed by atoms with Gasteiger partial charge < -0.3 is 9.80 Å². The van der Waals surface area contributed by atoms with Gasteiger partial charge in [-0.05, 0) is 55.4 Å². The van der Waals surface area contributed by atoms with E-state index in [9.17, 15) is 0 Å². The van der Waals surface area contributed by atoms with E-state index in [4.69, 9.17) is 9.97 Å². The highest BCUT2D eigenvalue weighted by molar-refractivity contribution is 5.86. The molecule has 0 aliphatic carbocycles. The van der Waals surface area contributed by atoms with Crippen LogP contribution < -0.4 is 9.80 Å². The second-order valence-electron chi connectivity index (χ2n) is 9.37. The Labute approximate surface area is 186 Å². The molecule has 2 aromatic carbocycles. The topological polar surface area (TPSA) is 32.3 Å². The first kappa shape index (κ1) is 20.0. The minimum absolute atomic E-state index is 0.160.